The molecule has 1 unspecified atom stereocenters. The third-order valence-electron chi connectivity index (χ3n) is 2.16. The van der Waals surface area contributed by atoms with Crippen LogP contribution in [0.5, 0.6) is 0 Å². The summed E-state index contributed by atoms with van der Waals surface area (Å²) in [5.41, 5.74) is -0.0993. The monoisotopic (exact) mass is 288 g/mol. The van der Waals surface area contributed by atoms with Gasteiger partial charge in [0.1, 0.15) is 0 Å². The molecule has 0 amide bonds. The molecule has 0 radical (unpaired) electrons. The number of nitrogens with zero attached hydrogens (tertiary/aromatic N) is 1. The molecule has 1 heterocycles. The summed E-state index contributed by atoms with van der Waals surface area (Å²) in [5, 5.41) is 12.8. The molecule has 1 atom stereocenters. The maximum atomic E-state index is 11.4. The molecule has 0 spiro atoms. The number of aromatic nitrogens is 1. The summed E-state index contributed by atoms with van der Waals surface area (Å²) in [6, 6.07) is 3.18. The highest BCUT2D eigenvalue weighted by atomic mass is 79.9. The van der Waals surface area contributed by atoms with E-state index >= 15 is 0 Å². The van der Waals surface area contributed by atoms with Crippen molar-refractivity contribution >= 4 is 15.9 Å². The minimum Gasteiger partial charge on any atom is -0.390 e. The second-order valence-electron chi connectivity index (χ2n) is 3.70. The lowest BCUT2D eigenvalue weighted by molar-refractivity contribution is 0.150. The molecule has 90 valence electrons. The van der Waals surface area contributed by atoms with E-state index in [1.165, 1.54) is 10.6 Å². The second kappa shape index (κ2) is 6.83. The number of hydrogen-bond acceptors (Lipinski definition) is 3. The Bertz CT molecular complexity index is 378. The predicted octanol–water partition coefficient (Wildman–Crippen LogP) is 0.971. The average molecular weight is 289 g/mol. The maximum Gasteiger partial charge on any atom is 0.250 e. The number of hydrogen-bond donors (Lipinski definition) is 2. The van der Waals surface area contributed by atoms with E-state index in [0.717, 1.165) is 17.4 Å². The average Bonchev–Trinajstić information content (AvgIpc) is 2.24. The molecule has 1 rings (SSSR count). The number of halogens is 1. The van der Waals surface area contributed by atoms with E-state index in [9.17, 15) is 9.90 Å². The molecule has 0 bridgehead atoms. The first kappa shape index (κ1) is 13.4. The largest absolute Gasteiger partial charge is 0.390 e. The van der Waals surface area contributed by atoms with Crippen LogP contribution in [0.3, 0.4) is 0 Å². The minimum atomic E-state index is -0.543. The van der Waals surface area contributed by atoms with Crippen molar-refractivity contribution < 1.29 is 5.11 Å². The second-order valence-corrected chi connectivity index (χ2v) is 4.61. The minimum absolute atomic E-state index is 0.0993. The predicted molar refractivity (Wildman–Crippen MR) is 67.6 cm³/mol. The first-order valence-electron chi connectivity index (χ1n) is 5.38. The summed E-state index contributed by atoms with van der Waals surface area (Å²) in [4.78, 5) is 11.4. The van der Waals surface area contributed by atoms with Crippen LogP contribution in [0, 0.1) is 0 Å². The van der Waals surface area contributed by atoms with Crippen LogP contribution in [0.25, 0.3) is 0 Å². The van der Waals surface area contributed by atoms with Gasteiger partial charge >= 0.3 is 0 Å². The highest BCUT2D eigenvalue weighted by Crippen LogP contribution is 2.05. The van der Waals surface area contributed by atoms with Crippen LogP contribution in [-0.4, -0.2) is 28.9 Å². The fourth-order valence-corrected chi connectivity index (χ4v) is 1.76. The number of aliphatic hydroxyl groups is 1. The first-order valence-corrected chi connectivity index (χ1v) is 6.17. The van der Waals surface area contributed by atoms with E-state index in [4.69, 9.17) is 0 Å². The lowest BCUT2D eigenvalue weighted by Gasteiger charge is -2.13. The van der Waals surface area contributed by atoms with Crippen LogP contribution in [0.1, 0.15) is 13.3 Å². The molecule has 4 nitrogen and oxygen atoms in total. The Labute approximate surface area is 103 Å². The zero-order chi connectivity index (χ0) is 12.0. The third-order valence-corrected chi connectivity index (χ3v) is 2.63. The molecule has 5 heteroatoms. The van der Waals surface area contributed by atoms with Crippen molar-refractivity contribution in [1.29, 1.82) is 0 Å². The van der Waals surface area contributed by atoms with E-state index in [1.807, 2.05) is 0 Å². The highest BCUT2D eigenvalue weighted by molar-refractivity contribution is 9.10. The Kier molecular flexibility index (Phi) is 5.73. The molecule has 0 aromatic carbocycles. The van der Waals surface area contributed by atoms with Gasteiger partial charge in [-0.15, -0.1) is 0 Å². The van der Waals surface area contributed by atoms with Crippen molar-refractivity contribution in [3.8, 4) is 0 Å². The van der Waals surface area contributed by atoms with Crippen molar-refractivity contribution in [1.82, 2.24) is 9.88 Å². The molecule has 0 saturated carbocycles. The molecule has 1 aromatic heterocycles. The highest BCUT2D eigenvalue weighted by Gasteiger charge is 2.05. The zero-order valence-corrected chi connectivity index (χ0v) is 10.9. The Morgan fingerprint density at radius 1 is 1.56 bits per heavy atom. The topological polar surface area (TPSA) is 54.3 Å². The normalized spacial score (nSPS) is 12.7. The smallest absolute Gasteiger partial charge is 0.250 e. The van der Waals surface area contributed by atoms with Gasteiger partial charge in [0.2, 0.25) is 0 Å². The van der Waals surface area contributed by atoms with Crippen molar-refractivity contribution in [3.63, 3.8) is 0 Å². The molecular formula is C11H17BrN2O2. The van der Waals surface area contributed by atoms with E-state index in [1.54, 1.807) is 12.3 Å². The Balaban J connectivity index is 2.52. The van der Waals surface area contributed by atoms with Crippen LogP contribution in [0.4, 0.5) is 0 Å². The summed E-state index contributed by atoms with van der Waals surface area (Å²) < 4.78 is 2.34. The van der Waals surface area contributed by atoms with Crippen molar-refractivity contribution in [2.24, 2.45) is 0 Å². The SMILES string of the molecule is CCCNCC(O)Cn1cc(Br)ccc1=O. The molecule has 16 heavy (non-hydrogen) atoms. The van der Waals surface area contributed by atoms with Crippen LogP contribution in [0.15, 0.2) is 27.6 Å². The molecule has 0 aliphatic heterocycles. The van der Waals surface area contributed by atoms with Gasteiger partial charge in [-0.3, -0.25) is 4.79 Å². The Morgan fingerprint density at radius 3 is 3.00 bits per heavy atom. The summed E-state index contributed by atoms with van der Waals surface area (Å²) in [5.74, 6) is 0. The fourth-order valence-electron chi connectivity index (χ4n) is 1.38. The Morgan fingerprint density at radius 2 is 2.31 bits per heavy atom. The zero-order valence-electron chi connectivity index (χ0n) is 9.32. The summed E-state index contributed by atoms with van der Waals surface area (Å²) in [7, 11) is 0. The lowest BCUT2D eigenvalue weighted by atomic mass is 10.3. The van der Waals surface area contributed by atoms with Gasteiger partial charge in [-0.2, -0.15) is 0 Å². The van der Waals surface area contributed by atoms with E-state index < -0.39 is 6.10 Å². The van der Waals surface area contributed by atoms with Crippen LogP contribution >= 0.6 is 15.9 Å². The van der Waals surface area contributed by atoms with Crippen LogP contribution < -0.4 is 10.9 Å². The van der Waals surface area contributed by atoms with Gasteiger partial charge in [-0.25, -0.2) is 0 Å². The van der Waals surface area contributed by atoms with Gasteiger partial charge in [0.15, 0.2) is 0 Å². The molecule has 0 aliphatic carbocycles. The van der Waals surface area contributed by atoms with Gasteiger partial charge in [0.05, 0.1) is 12.6 Å². The standard InChI is InChI=1S/C11H17BrN2O2/c1-2-5-13-6-10(15)8-14-7-9(12)3-4-11(14)16/h3-4,7,10,13,15H,2,5-6,8H2,1H3. The van der Waals surface area contributed by atoms with E-state index in [0.29, 0.717) is 13.1 Å². The number of aliphatic hydroxyl groups excluding tert-OH is 1. The molecule has 0 aliphatic rings. The van der Waals surface area contributed by atoms with Gasteiger partial charge in [-0.05, 0) is 35.0 Å². The van der Waals surface area contributed by atoms with E-state index in [-0.39, 0.29) is 5.56 Å². The molecule has 0 saturated heterocycles. The van der Waals surface area contributed by atoms with E-state index in [2.05, 4.69) is 28.2 Å². The number of pyridine rings is 1. The summed E-state index contributed by atoms with van der Waals surface area (Å²) in [6.07, 6.45) is 2.17. The van der Waals surface area contributed by atoms with Gasteiger partial charge in [-0.1, -0.05) is 6.92 Å². The summed E-state index contributed by atoms with van der Waals surface area (Å²) >= 11 is 3.29. The summed E-state index contributed by atoms with van der Waals surface area (Å²) in [6.45, 7) is 3.77. The fraction of sp³-hybridized carbons (Fsp3) is 0.545. The van der Waals surface area contributed by atoms with Gasteiger partial charge in [0, 0.05) is 23.3 Å². The molecular weight excluding hydrogens is 272 g/mol. The van der Waals surface area contributed by atoms with Crippen molar-refractivity contribution in [3.05, 3.63) is 33.2 Å². The van der Waals surface area contributed by atoms with Crippen LogP contribution in [0.2, 0.25) is 0 Å². The Hall–Kier alpha value is -0.650. The first-order chi connectivity index (χ1) is 7.63. The van der Waals surface area contributed by atoms with Crippen molar-refractivity contribution in [2.75, 3.05) is 13.1 Å². The van der Waals surface area contributed by atoms with Gasteiger partial charge in [0.25, 0.3) is 5.56 Å². The molecule has 2 N–H and O–H groups in total. The van der Waals surface area contributed by atoms with Crippen LogP contribution in [-0.2, 0) is 6.54 Å². The number of nitrogens with one attached hydrogen (secondary N) is 1. The van der Waals surface area contributed by atoms with Crippen molar-refractivity contribution in [2.45, 2.75) is 26.0 Å². The maximum absolute atomic E-state index is 11.4. The molecule has 1 aromatic rings. The lowest BCUT2D eigenvalue weighted by Crippen LogP contribution is -2.33. The third kappa shape index (κ3) is 4.47. The molecule has 0 fully saturated rings. The van der Waals surface area contributed by atoms with Gasteiger partial charge < -0.3 is 15.0 Å². The number of rotatable bonds is 6. The quantitative estimate of drug-likeness (QED) is 0.767.